The summed E-state index contributed by atoms with van der Waals surface area (Å²) in [4.78, 5) is 40.4. The van der Waals surface area contributed by atoms with Gasteiger partial charge in [-0.2, -0.15) is 0 Å². The van der Waals surface area contributed by atoms with Crippen molar-refractivity contribution in [2.24, 2.45) is 5.92 Å². The average molecular weight is 434 g/mol. The van der Waals surface area contributed by atoms with Crippen LogP contribution in [0.25, 0.3) is 10.9 Å². The van der Waals surface area contributed by atoms with E-state index in [1.807, 2.05) is 0 Å². The number of fused-ring (bicyclic) bond motifs is 1. The molecule has 1 aliphatic rings. The zero-order valence-corrected chi connectivity index (χ0v) is 18.0. The fourth-order valence-electron chi connectivity index (χ4n) is 4.18. The maximum absolute atomic E-state index is 12.8. The number of aromatic nitrogens is 1. The number of carbonyl (C=O) groups excluding carboxylic acids is 1. The van der Waals surface area contributed by atoms with Gasteiger partial charge < -0.3 is 10.3 Å². The smallest absolute Gasteiger partial charge is 0.270 e. The van der Waals surface area contributed by atoms with E-state index >= 15 is 0 Å². The van der Waals surface area contributed by atoms with Crippen molar-refractivity contribution in [1.82, 2.24) is 15.2 Å². The molecule has 2 aromatic carbocycles. The van der Waals surface area contributed by atoms with Crippen LogP contribution in [0.3, 0.4) is 0 Å². The summed E-state index contributed by atoms with van der Waals surface area (Å²) < 4.78 is 0. The number of hydrogen-bond acceptors (Lipinski definition) is 5. The molecular formula is C24H26N4O4. The first kappa shape index (κ1) is 21.7. The van der Waals surface area contributed by atoms with E-state index in [-0.39, 0.29) is 17.2 Å². The summed E-state index contributed by atoms with van der Waals surface area (Å²) >= 11 is 0. The van der Waals surface area contributed by atoms with Gasteiger partial charge in [0.15, 0.2) is 0 Å². The number of carbonyl (C=O) groups is 1. The Hall–Kier alpha value is -3.52. The maximum atomic E-state index is 12.8. The van der Waals surface area contributed by atoms with E-state index in [4.69, 9.17) is 0 Å². The number of benzene rings is 2. The number of nitro benzene ring substituents is 1. The SMILES string of the molecule is Cc1ccc(CN2CCC(CNC(=O)c3cc(=O)[nH]c4ccc([N+](=O)[O-])cc34)CC2)cc1. The van der Waals surface area contributed by atoms with Gasteiger partial charge in [0.05, 0.1) is 10.5 Å². The van der Waals surface area contributed by atoms with Crippen LogP contribution in [0, 0.1) is 23.0 Å². The number of rotatable bonds is 6. The van der Waals surface area contributed by atoms with Crippen LogP contribution >= 0.6 is 0 Å². The maximum Gasteiger partial charge on any atom is 0.270 e. The molecule has 4 rings (SSSR count). The van der Waals surface area contributed by atoms with Crippen LogP contribution in [0.5, 0.6) is 0 Å². The van der Waals surface area contributed by atoms with Gasteiger partial charge in [-0.05, 0) is 50.4 Å². The summed E-state index contributed by atoms with van der Waals surface area (Å²) in [5.41, 5.74) is 2.57. The largest absolute Gasteiger partial charge is 0.352 e. The molecule has 8 nitrogen and oxygen atoms in total. The lowest BCUT2D eigenvalue weighted by molar-refractivity contribution is -0.384. The summed E-state index contributed by atoms with van der Waals surface area (Å²) in [6.45, 7) is 5.46. The fourth-order valence-corrected chi connectivity index (χ4v) is 4.18. The van der Waals surface area contributed by atoms with Gasteiger partial charge in [0.1, 0.15) is 0 Å². The topological polar surface area (TPSA) is 108 Å². The van der Waals surface area contributed by atoms with Crippen LogP contribution < -0.4 is 10.9 Å². The van der Waals surface area contributed by atoms with Crippen molar-refractivity contribution in [3.8, 4) is 0 Å². The highest BCUT2D eigenvalue weighted by molar-refractivity contribution is 6.06. The van der Waals surface area contributed by atoms with Crippen molar-refractivity contribution < 1.29 is 9.72 Å². The van der Waals surface area contributed by atoms with E-state index in [9.17, 15) is 19.7 Å². The van der Waals surface area contributed by atoms with Gasteiger partial charge >= 0.3 is 0 Å². The summed E-state index contributed by atoms with van der Waals surface area (Å²) in [5, 5.41) is 14.4. The van der Waals surface area contributed by atoms with Crippen molar-refractivity contribution >= 4 is 22.5 Å². The Labute approximate surface area is 185 Å². The number of non-ortho nitro benzene ring substituents is 1. The Morgan fingerprint density at radius 1 is 1.16 bits per heavy atom. The summed E-state index contributed by atoms with van der Waals surface area (Å²) in [5.74, 6) is -0.0282. The van der Waals surface area contributed by atoms with Crippen molar-refractivity contribution in [3.63, 3.8) is 0 Å². The third kappa shape index (κ3) is 5.03. The first-order valence-electron chi connectivity index (χ1n) is 10.8. The van der Waals surface area contributed by atoms with Crippen molar-refractivity contribution in [1.29, 1.82) is 0 Å². The molecule has 1 aliphatic heterocycles. The number of pyridine rings is 1. The summed E-state index contributed by atoms with van der Waals surface area (Å²) in [6, 6.07) is 13.9. The average Bonchev–Trinajstić information content (AvgIpc) is 2.79. The molecule has 1 fully saturated rings. The Balaban J connectivity index is 1.36. The molecule has 0 unspecified atom stereocenters. The summed E-state index contributed by atoms with van der Waals surface area (Å²) in [7, 11) is 0. The standard InChI is InChI=1S/C24H26N4O4/c1-16-2-4-18(5-3-16)15-27-10-8-17(9-11-27)14-25-24(30)21-13-23(29)26-22-7-6-19(28(31)32)12-20(21)22/h2-7,12-13,17H,8-11,14-15H2,1H3,(H,25,30)(H,26,29). The number of H-pyrrole nitrogens is 1. The molecule has 0 bridgehead atoms. The number of piperidine rings is 1. The number of nitrogens with zero attached hydrogens (tertiary/aromatic N) is 2. The van der Waals surface area contributed by atoms with Crippen molar-refractivity contribution in [3.05, 3.63) is 85.7 Å². The molecule has 1 aromatic heterocycles. The second-order valence-electron chi connectivity index (χ2n) is 8.45. The Bertz CT molecular complexity index is 1190. The zero-order chi connectivity index (χ0) is 22.7. The van der Waals surface area contributed by atoms with E-state index in [0.717, 1.165) is 32.5 Å². The third-order valence-electron chi connectivity index (χ3n) is 6.07. The second-order valence-corrected chi connectivity index (χ2v) is 8.45. The molecule has 32 heavy (non-hydrogen) atoms. The number of aryl methyl sites for hydroxylation is 1. The molecule has 1 amide bonds. The lowest BCUT2D eigenvalue weighted by Gasteiger charge is -2.32. The number of nitrogens with one attached hydrogen (secondary N) is 2. The van der Waals surface area contributed by atoms with Crippen LogP contribution in [0.4, 0.5) is 5.69 Å². The van der Waals surface area contributed by atoms with Crippen LogP contribution in [-0.2, 0) is 6.54 Å². The number of aromatic amines is 1. The lowest BCUT2D eigenvalue weighted by Crippen LogP contribution is -2.38. The van der Waals surface area contributed by atoms with Crippen molar-refractivity contribution in [2.45, 2.75) is 26.3 Å². The molecule has 166 valence electrons. The van der Waals surface area contributed by atoms with E-state index in [1.165, 1.54) is 35.4 Å². The van der Waals surface area contributed by atoms with Gasteiger partial charge in [0, 0.05) is 42.2 Å². The van der Waals surface area contributed by atoms with Gasteiger partial charge in [-0.3, -0.25) is 24.6 Å². The van der Waals surface area contributed by atoms with E-state index in [1.54, 1.807) is 0 Å². The Morgan fingerprint density at radius 2 is 1.88 bits per heavy atom. The molecule has 1 saturated heterocycles. The Kier molecular flexibility index (Phi) is 6.32. The Morgan fingerprint density at radius 3 is 2.56 bits per heavy atom. The molecule has 0 radical (unpaired) electrons. The predicted octanol–water partition coefficient (Wildman–Crippen LogP) is 3.39. The lowest BCUT2D eigenvalue weighted by atomic mass is 9.96. The van der Waals surface area contributed by atoms with Gasteiger partial charge in [0.25, 0.3) is 11.6 Å². The molecule has 3 aromatic rings. The number of likely N-dealkylation sites (tertiary alicyclic amines) is 1. The minimum Gasteiger partial charge on any atom is -0.352 e. The van der Waals surface area contributed by atoms with Gasteiger partial charge in [0.2, 0.25) is 5.56 Å². The quantitative estimate of drug-likeness (QED) is 0.457. The predicted molar refractivity (Wildman–Crippen MR) is 123 cm³/mol. The number of hydrogen-bond donors (Lipinski definition) is 2. The molecule has 2 N–H and O–H groups in total. The highest BCUT2D eigenvalue weighted by atomic mass is 16.6. The monoisotopic (exact) mass is 434 g/mol. The minimum absolute atomic E-state index is 0.125. The van der Waals surface area contributed by atoms with E-state index in [2.05, 4.69) is 46.4 Å². The van der Waals surface area contributed by atoms with Crippen LogP contribution in [0.15, 0.2) is 53.3 Å². The third-order valence-corrected chi connectivity index (χ3v) is 6.07. The van der Waals surface area contributed by atoms with Gasteiger partial charge in [-0.1, -0.05) is 29.8 Å². The first-order chi connectivity index (χ1) is 15.4. The number of nitro groups is 1. The molecule has 2 heterocycles. The van der Waals surface area contributed by atoms with Gasteiger partial charge in [-0.25, -0.2) is 0 Å². The van der Waals surface area contributed by atoms with Crippen LogP contribution in [0.1, 0.15) is 34.3 Å². The van der Waals surface area contributed by atoms with Crippen molar-refractivity contribution in [2.75, 3.05) is 19.6 Å². The molecule has 0 aliphatic carbocycles. The molecule has 0 saturated carbocycles. The zero-order valence-electron chi connectivity index (χ0n) is 18.0. The summed E-state index contributed by atoms with van der Waals surface area (Å²) in [6.07, 6.45) is 1.96. The fraction of sp³-hybridized carbons (Fsp3) is 0.333. The minimum atomic E-state index is -0.517. The van der Waals surface area contributed by atoms with E-state index < -0.39 is 10.5 Å². The molecular weight excluding hydrogens is 408 g/mol. The van der Waals surface area contributed by atoms with Crippen LogP contribution in [0.2, 0.25) is 0 Å². The molecule has 8 heteroatoms. The second kappa shape index (κ2) is 9.32. The normalized spacial score (nSPS) is 15.0. The molecule has 0 atom stereocenters. The van der Waals surface area contributed by atoms with E-state index in [0.29, 0.717) is 23.4 Å². The van der Waals surface area contributed by atoms with Gasteiger partial charge in [-0.15, -0.1) is 0 Å². The first-order valence-corrected chi connectivity index (χ1v) is 10.8. The highest BCUT2D eigenvalue weighted by Crippen LogP contribution is 2.22. The molecule has 0 spiro atoms. The highest BCUT2D eigenvalue weighted by Gasteiger charge is 2.21. The van der Waals surface area contributed by atoms with Crippen LogP contribution in [-0.4, -0.2) is 40.3 Å². The number of amides is 1.